The molecule has 47 heavy (non-hydrogen) atoms. The molecule has 4 aromatic rings. The largest absolute Gasteiger partial charge is 0.483 e. The Morgan fingerprint density at radius 3 is 2.64 bits per heavy atom. The Balaban J connectivity index is 0.00000160. The summed E-state index contributed by atoms with van der Waals surface area (Å²) in [7, 11) is 0. The van der Waals surface area contributed by atoms with Gasteiger partial charge in [0.15, 0.2) is 17.2 Å². The Morgan fingerprint density at radius 2 is 1.98 bits per heavy atom. The number of alkyl halides is 5. The average molecular weight is 666 g/mol. The minimum absolute atomic E-state index is 0.0110. The molecule has 1 unspecified atom stereocenters. The molecule has 1 saturated heterocycles. The number of nitrogens with one attached hydrogen (secondary N) is 4. The topological polar surface area (TPSA) is 168 Å². The molecule has 252 valence electrons. The van der Waals surface area contributed by atoms with Gasteiger partial charge in [0.25, 0.3) is 18.8 Å². The number of carbonyl (C=O) groups is 3. The van der Waals surface area contributed by atoms with Crippen LogP contribution in [0, 0.1) is 0 Å². The van der Waals surface area contributed by atoms with E-state index in [4.69, 9.17) is 9.90 Å². The third-order valence-electron chi connectivity index (χ3n) is 7.17. The summed E-state index contributed by atoms with van der Waals surface area (Å²) in [6.45, 7) is 1.88. The summed E-state index contributed by atoms with van der Waals surface area (Å²) in [4.78, 5) is 41.9. The number of carboxylic acid groups (broad SMARTS) is 1. The molecule has 5 N–H and O–H groups in total. The fraction of sp³-hybridized carbons (Fsp3) is 0.379. The van der Waals surface area contributed by atoms with E-state index in [2.05, 4.69) is 36.3 Å². The van der Waals surface area contributed by atoms with E-state index >= 15 is 0 Å². The SMILES string of the molecule is CCc1cc(Nc2nccn3c(-c4cn(CC(F)F)nc4C(F)(F)F)cnc23)ccc1C(=O)NCC(=O)NCC1CCCN1.O=CO. The highest BCUT2D eigenvalue weighted by atomic mass is 19.4. The molecule has 2 amide bonds. The first-order chi connectivity index (χ1) is 22.4. The molecule has 4 heterocycles. The number of nitrogens with zero attached hydrogens (tertiary/aromatic N) is 5. The quantitative estimate of drug-likeness (QED) is 0.119. The molecular weight excluding hydrogens is 633 g/mol. The summed E-state index contributed by atoms with van der Waals surface area (Å²) in [5, 5.41) is 22.1. The molecule has 0 radical (unpaired) electrons. The van der Waals surface area contributed by atoms with Crippen LogP contribution in [0.15, 0.2) is 43.0 Å². The Morgan fingerprint density at radius 1 is 1.21 bits per heavy atom. The van der Waals surface area contributed by atoms with Gasteiger partial charge in [-0.1, -0.05) is 6.92 Å². The lowest BCUT2D eigenvalue weighted by Gasteiger charge is -2.14. The van der Waals surface area contributed by atoms with Crippen molar-refractivity contribution in [2.24, 2.45) is 0 Å². The van der Waals surface area contributed by atoms with E-state index in [-0.39, 0.29) is 42.1 Å². The van der Waals surface area contributed by atoms with Crippen LogP contribution in [0.5, 0.6) is 0 Å². The molecule has 18 heteroatoms. The van der Waals surface area contributed by atoms with Crippen molar-refractivity contribution < 1.29 is 41.4 Å². The maximum Gasteiger partial charge on any atom is 0.435 e. The molecule has 1 aromatic carbocycles. The van der Waals surface area contributed by atoms with Crippen LogP contribution in [0.2, 0.25) is 0 Å². The molecule has 0 saturated carbocycles. The van der Waals surface area contributed by atoms with Crippen LogP contribution in [0.4, 0.5) is 33.5 Å². The molecule has 1 fully saturated rings. The standard InChI is InChI=1S/C28H30F5N9O2.CH2O2/c1-2-16-10-17(5-6-19(16)27(44)38-13-23(43)36-11-18-4-3-7-34-18)39-25-26-37-12-21(42(26)9-8-35-25)20-14-41(15-22(29)30)40-24(20)28(31,32)33;2-1-3/h5-6,8-10,12,14,18,22,34H,2-4,7,11,13,15H2,1H3,(H,35,39)(H,36,43)(H,38,44);1H,(H,2,3). The number of aromatic nitrogens is 5. The van der Waals surface area contributed by atoms with E-state index < -0.39 is 36.3 Å². The van der Waals surface area contributed by atoms with Crippen LogP contribution in [0.3, 0.4) is 0 Å². The zero-order chi connectivity index (χ0) is 34.1. The van der Waals surface area contributed by atoms with Gasteiger partial charge in [0.05, 0.1) is 24.0 Å². The highest BCUT2D eigenvalue weighted by molar-refractivity contribution is 5.98. The van der Waals surface area contributed by atoms with Crippen molar-refractivity contribution in [3.63, 3.8) is 0 Å². The maximum absolute atomic E-state index is 13.7. The maximum atomic E-state index is 13.7. The van der Waals surface area contributed by atoms with Gasteiger partial charge in [-0.25, -0.2) is 18.7 Å². The molecule has 3 aromatic heterocycles. The van der Waals surface area contributed by atoms with E-state index in [0.29, 0.717) is 34.5 Å². The number of halogens is 5. The van der Waals surface area contributed by atoms with Crippen molar-refractivity contribution in [3.8, 4) is 11.3 Å². The van der Waals surface area contributed by atoms with Crippen LogP contribution in [0.25, 0.3) is 16.9 Å². The van der Waals surface area contributed by atoms with Crippen LogP contribution < -0.4 is 21.3 Å². The number of fused-ring (bicyclic) bond motifs is 1. The predicted molar refractivity (Wildman–Crippen MR) is 159 cm³/mol. The van der Waals surface area contributed by atoms with Gasteiger partial charge in [0.2, 0.25) is 5.91 Å². The Kier molecular flexibility index (Phi) is 11.4. The normalized spacial score (nSPS) is 14.5. The number of imidazole rings is 1. The van der Waals surface area contributed by atoms with Gasteiger partial charge in [-0.05, 0) is 49.6 Å². The number of hydrogen-bond acceptors (Lipinski definition) is 8. The lowest BCUT2D eigenvalue weighted by molar-refractivity contribution is -0.141. The summed E-state index contributed by atoms with van der Waals surface area (Å²) >= 11 is 0. The van der Waals surface area contributed by atoms with E-state index in [1.807, 2.05) is 6.92 Å². The number of hydrogen-bond donors (Lipinski definition) is 5. The van der Waals surface area contributed by atoms with E-state index in [1.165, 1.54) is 23.0 Å². The fourth-order valence-electron chi connectivity index (χ4n) is 5.07. The van der Waals surface area contributed by atoms with Gasteiger partial charge in [-0.15, -0.1) is 0 Å². The second kappa shape index (κ2) is 15.4. The number of carbonyl (C=O) groups excluding carboxylic acids is 2. The van der Waals surface area contributed by atoms with Gasteiger partial charge in [0, 0.05) is 42.4 Å². The van der Waals surface area contributed by atoms with Crippen LogP contribution in [0.1, 0.15) is 41.4 Å². The second-order valence-corrected chi connectivity index (χ2v) is 10.4. The van der Waals surface area contributed by atoms with Crippen molar-refractivity contribution in [3.05, 3.63) is 59.8 Å². The van der Waals surface area contributed by atoms with Crippen molar-refractivity contribution in [2.45, 2.75) is 51.4 Å². The summed E-state index contributed by atoms with van der Waals surface area (Å²) in [5.74, 6) is -0.487. The summed E-state index contributed by atoms with van der Waals surface area (Å²) in [5.41, 5.74) is 0.0508. The Hall–Kier alpha value is -5.13. The van der Waals surface area contributed by atoms with Crippen molar-refractivity contribution in [2.75, 3.05) is 25.0 Å². The molecule has 13 nitrogen and oxygen atoms in total. The molecule has 0 aliphatic carbocycles. The van der Waals surface area contributed by atoms with Crippen molar-refractivity contribution in [1.29, 1.82) is 0 Å². The van der Waals surface area contributed by atoms with Gasteiger partial charge in [-0.2, -0.15) is 18.3 Å². The number of anilines is 2. The molecular formula is C29H32F5N9O4. The smallest absolute Gasteiger partial charge is 0.435 e. The summed E-state index contributed by atoms with van der Waals surface area (Å²) in [6, 6.07) is 5.20. The number of benzene rings is 1. The van der Waals surface area contributed by atoms with E-state index in [9.17, 15) is 31.5 Å². The minimum Gasteiger partial charge on any atom is -0.483 e. The number of amides is 2. The van der Waals surface area contributed by atoms with Gasteiger partial charge in [-0.3, -0.25) is 23.5 Å². The average Bonchev–Trinajstić information content (AvgIpc) is 3.79. The van der Waals surface area contributed by atoms with Gasteiger partial charge < -0.3 is 26.4 Å². The van der Waals surface area contributed by atoms with Crippen molar-refractivity contribution in [1.82, 2.24) is 40.1 Å². The van der Waals surface area contributed by atoms with E-state index in [0.717, 1.165) is 25.6 Å². The zero-order valence-electron chi connectivity index (χ0n) is 25.0. The first-order valence-electron chi connectivity index (χ1n) is 14.5. The fourth-order valence-corrected chi connectivity index (χ4v) is 5.07. The Bertz CT molecular complexity index is 1700. The first-order valence-corrected chi connectivity index (χ1v) is 14.5. The summed E-state index contributed by atoms with van der Waals surface area (Å²) in [6.07, 6.45) is -0.364. The Labute approximate surface area is 264 Å². The van der Waals surface area contributed by atoms with Gasteiger partial charge in [0.1, 0.15) is 6.54 Å². The number of aryl methyl sites for hydroxylation is 1. The molecule has 1 aliphatic rings. The molecule has 0 spiro atoms. The van der Waals surface area contributed by atoms with Crippen molar-refractivity contribution >= 4 is 35.4 Å². The lowest BCUT2D eigenvalue weighted by Crippen LogP contribution is -2.42. The molecule has 1 aliphatic heterocycles. The third kappa shape index (κ3) is 8.78. The van der Waals surface area contributed by atoms with Crippen LogP contribution in [-0.2, 0) is 28.7 Å². The first kappa shape index (κ1) is 34.7. The third-order valence-corrected chi connectivity index (χ3v) is 7.17. The highest BCUT2D eigenvalue weighted by Crippen LogP contribution is 2.37. The minimum atomic E-state index is -4.89. The predicted octanol–water partition coefficient (Wildman–Crippen LogP) is 3.48. The molecule has 0 bridgehead atoms. The second-order valence-electron chi connectivity index (χ2n) is 10.4. The molecule has 1 atom stereocenters. The number of rotatable bonds is 11. The monoisotopic (exact) mass is 665 g/mol. The lowest BCUT2D eigenvalue weighted by atomic mass is 10.0. The summed E-state index contributed by atoms with van der Waals surface area (Å²) < 4.78 is 68.8. The van der Waals surface area contributed by atoms with Crippen LogP contribution in [-0.4, -0.2) is 79.6 Å². The van der Waals surface area contributed by atoms with E-state index in [1.54, 1.807) is 18.2 Å². The van der Waals surface area contributed by atoms with Crippen LogP contribution >= 0.6 is 0 Å². The van der Waals surface area contributed by atoms with Gasteiger partial charge >= 0.3 is 6.18 Å². The zero-order valence-corrected chi connectivity index (χ0v) is 25.0. The molecule has 5 rings (SSSR count). The highest BCUT2D eigenvalue weighted by Gasteiger charge is 2.38.